The van der Waals surface area contributed by atoms with Gasteiger partial charge in [-0.05, 0) is 34.7 Å². The highest BCUT2D eigenvalue weighted by atomic mass is 79.9. The molecule has 1 aromatic heterocycles. The normalized spacial score (nSPS) is 19.3. The number of carbonyl (C=O) groups excluding carboxylic acids is 2. The number of aromatic nitrogens is 2. The summed E-state index contributed by atoms with van der Waals surface area (Å²) in [7, 11) is 1.29. The quantitative estimate of drug-likeness (QED) is 0.847. The first-order valence-corrected chi connectivity index (χ1v) is 8.08. The van der Waals surface area contributed by atoms with Crippen molar-refractivity contribution in [3.8, 4) is 0 Å². The van der Waals surface area contributed by atoms with E-state index in [9.17, 15) is 9.59 Å². The SMILES string of the molecule is COC(=O)N[C@H](C(=O)N1CCCC1c1ncc(Br)[nH]1)C(C)C. The molecule has 1 saturated heterocycles. The van der Waals surface area contributed by atoms with Gasteiger partial charge in [-0.1, -0.05) is 13.8 Å². The molecular weight excluding hydrogens is 352 g/mol. The van der Waals surface area contributed by atoms with Gasteiger partial charge in [-0.2, -0.15) is 0 Å². The number of ether oxygens (including phenoxy) is 1. The second kappa shape index (κ2) is 7.13. The van der Waals surface area contributed by atoms with Crippen molar-refractivity contribution in [2.75, 3.05) is 13.7 Å². The van der Waals surface area contributed by atoms with Gasteiger partial charge in [0.2, 0.25) is 5.91 Å². The maximum absolute atomic E-state index is 12.8. The number of hydrogen-bond acceptors (Lipinski definition) is 4. The van der Waals surface area contributed by atoms with E-state index in [0.29, 0.717) is 6.54 Å². The van der Waals surface area contributed by atoms with Crippen molar-refractivity contribution in [3.05, 3.63) is 16.6 Å². The van der Waals surface area contributed by atoms with Gasteiger partial charge in [0.1, 0.15) is 16.5 Å². The first-order chi connectivity index (χ1) is 10.4. The Labute approximate surface area is 137 Å². The minimum absolute atomic E-state index is 0.0313. The fourth-order valence-corrected chi connectivity index (χ4v) is 2.98. The van der Waals surface area contributed by atoms with Crippen LogP contribution in [0.2, 0.25) is 0 Å². The summed E-state index contributed by atoms with van der Waals surface area (Å²) in [4.78, 5) is 33.5. The summed E-state index contributed by atoms with van der Waals surface area (Å²) >= 11 is 3.34. The van der Waals surface area contributed by atoms with Crippen molar-refractivity contribution in [1.82, 2.24) is 20.2 Å². The summed E-state index contributed by atoms with van der Waals surface area (Å²) in [5, 5.41) is 2.63. The van der Waals surface area contributed by atoms with Crippen LogP contribution in [0.4, 0.5) is 4.79 Å². The number of halogens is 1. The minimum atomic E-state index is -0.605. The zero-order valence-electron chi connectivity index (χ0n) is 12.9. The molecule has 122 valence electrons. The van der Waals surface area contributed by atoms with E-state index >= 15 is 0 Å². The third kappa shape index (κ3) is 3.60. The summed E-state index contributed by atoms with van der Waals surface area (Å²) in [5.74, 6) is 0.630. The number of nitrogens with one attached hydrogen (secondary N) is 2. The van der Waals surface area contributed by atoms with Gasteiger partial charge < -0.3 is 19.9 Å². The standard InChI is InChI=1S/C14H21BrN4O3/c1-8(2)11(18-14(21)22-3)13(20)19-6-4-5-9(19)12-16-7-10(15)17-12/h7-9,11H,4-6H2,1-3H3,(H,16,17)(H,18,21)/t9?,11-/m0/s1. The number of rotatable bonds is 4. The zero-order valence-corrected chi connectivity index (χ0v) is 14.5. The Bertz CT molecular complexity index is 546. The van der Waals surface area contributed by atoms with Crippen molar-refractivity contribution >= 4 is 27.9 Å². The molecule has 2 atom stereocenters. The van der Waals surface area contributed by atoms with Gasteiger partial charge in [0.05, 0.1) is 19.3 Å². The molecule has 1 fully saturated rings. The van der Waals surface area contributed by atoms with Crippen LogP contribution in [-0.2, 0) is 9.53 Å². The van der Waals surface area contributed by atoms with Crippen LogP contribution < -0.4 is 5.32 Å². The summed E-state index contributed by atoms with van der Waals surface area (Å²) in [6.07, 6.45) is 2.86. The van der Waals surface area contributed by atoms with Gasteiger partial charge in [0.25, 0.3) is 0 Å². The molecule has 0 bridgehead atoms. The van der Waals surface area contributed by atoms with E-state index in [4.69, 9.17) is 0 Å². The van der Waals surface area contributed by atoms with E-state index in [1.807, 2.05) is 13.8 Å². The number of hydrogen-bond donors (Lipinski definition) is 2. The van der Waals surface area contributed by atoms with Crippen LogP contribution in [0.3, 0.4) is 0 Å². The first kappa shape index (κ1) is 16.8. The lowest BCUT2D eigenvalue weighted by molar-refractivity contribution is -0.135. The lowest BCUT2D eigenvalue weighted by Crippen LogP contribution is -2.51. The van der Waals surface area contributed by atoms with Crippen LogP contribution in [-0.4, -0.2) is 46.6 Å². The second-order valence-corrected chi connectivity index (χ2v) is 6.52. The van der Waals surface area contributed by atoms with Crippen molar-refractivity contribution in [1.29, 1.82) is 0 Å². The number of carbonyl (C=O) groups is 2. The van der Waals surface area contributed by atoms with E-state index in [0.717, 1.165) is 23.3 Å². The lowest BCUT2D eigenvalue weighted by atomic mass is 10.0. The fourth-order valence-electron chi connectivity index (χ4n) is 2.68. The summed E-state index contributed by atoms with van der Waals surface area (Å²) in [6, 6.07) is -0.689. The van der Waals surface area contributed by atoms with Crippen LogP contribution in [0.25, 0.3) is 0 Å². The van der Waals surface area contributed by atoms with E-state index in [1.54, 1.807) is 11.1 Å². The average molecular weight is 373 g/mol. The average Bonchev–Trinajstić information content (AvgIpc) is 3.11. The molecule has 1 aromatic rings. The molecule has 1 unspecified atom stereocenters. The number of likely N-dealkylation sites (tertiary alicyclic amines) is 1. The van der Waals surface area contributed by atoms with Crippen molar-refractivity contribution < 1.29 is 14.3 Å². The molecule has 2 N–H and O–H groups in total. The maximum Gasteiger partial charge on any atom is 0.407 e. The molecule has 2 heterocycles. The third-order valence-corrected chi connectivity index (χ3v) is 4.21. The Hall–Kier alpha value is -1.57. The molecule has 0 radical (unpaired) electrons. The molecule has 8 heteroatoms. The highest BCUT2D eigenvalue weighted by Crippen LogP contribution is 2.31. The predicted molar refractivity (Wildman–Crippen MR) is 84.1 cm³/mol. The summed E-state index contributed by atoms with van der Waals surface area (Å²) in [6.45, 7) is 4.45. The minimum Gasteiger partial charge on any atom is -0.453 e. The second-order valence-electron chi connectivity index (χ2n) is 5.66. The van der Waals surface area contributed by atoms with E-state index in [-0.39, 0.29) is 17.9 Å². The highest BCUT2D eigenvalue weighted by Gasteiger charge is 2.37. The molecule has 2 amide bonds. The van der Waals surface area contributed by atoms with Crippen LogP contribution in [0, 0.1) is 5.92 Å². The monoisotopic (exact) mass is 372 g/mol. The van der Waals surface area contributed by atoms with E-state index in [1.165, 1.54) is 7.11 Å². The van der Waals surface area contributed by atoms with Gasteiger partial charge in [0, 0.05) is 6.54 Å². The number of methoxy groups -OCH3 is 1. The molecule has 2 rings (SSSR count). The molecule has 7 nitrogen and oxygen atoms in total. The van der Waals surface area contributed by atoms with Gasteiger partial charge >= 0.3 is 6.09 Å². The number of nitrogens with zero attached hydrogens (tertiary/aromatic N) is 2. The predicted octanol–water partition coefficient (Wildman–Crippen LogP) is 2.22. The molecule has 1 aliphatic rings. The number of imidazole rings is 1. The van der Waals surface area contributed by atoms with E-state index in [2.05, 4.69) is 36.0 Å². The highest BCUT2D eigenvalue weighted by molar-refractivity contribution is 9.10. The Kier molecular flexibility index (Phi) is 5.44. The van der Waals surface area contributed by atoms with Crippen molar-refractivity contribution in [2.45, 2.75) is 38.8 Å². The van der Waals surface area contributed by atoms with Gasteiger partial charge in [0.15, 0.2) is 0 Å². The topological polar surface area (TPSA) is 87.3 Å². The molecule has 22 heavy (non-hydrogen) atoms. The molecule has 0 saturated carbocycles. The first-order valence-electron chi connectivity index (χ1n) is 7.29. The number of aromatic amines is 1. The Morgan fingerprint density at radius 2 is 2.27 bits per heavy atom. The van der Waals surface area contributed by atoms with Crippen molar-refractivity contribution in [2.24, 2.45) is 5.92 Å². The Balaban J connectivity index is 2.16. The summed E-state index contributed by atoms with van der Waals surface area (Å²) < 4.78 is 5.40. The zero-order chi connectivity index (χ0) is 16.3. The van der Waals surface area contributed by atoms with Crippen molar-refractivity contribution in [3.63, 3.8) is 0 Å². The number of alkyl carbamates (subject to hydrolysis) is 1. The largest absolute Gasteiger partial charge is 0.453 e. The van der Waals surface area contributed by atoms with Gasteiger partial charge in [-0.15, -0.1) is 0 Å². The van der Waals surface area contributed by atoms with Crippen LogP contribution >= 0.6 is 15.9 Å². The van der Waals surface area contributed by atoms with Gasteiger partial charge in [-0.25, -0.2) is 9.78 Å². The maximum atomic E-state index is 12.8. The molecule has 0 aromatic carbocycles. The molecular formula is C14H21BrN4O3. The Morgan fingerprint density at radius 1 is 1.55 bits per heavy atom. The molecule has 0 aliphatic carbocycles. The third-order valence-electron chi connectivity index (χ3n) is 3.81. The Morgan fingerprint density at radius 3 is 2.82 bits per heavy atom. The van der Waals surface area contributed by atoms with Crippen LogP contribution in [0.5, 0.6) is 0 Å². The molecule has 0 spiro atoms. The molecule has 1 aliphatic heterocycles. The number of H-pyrrole nitrogens is 1. The summed E-state index contributed by atoms with van der Waals surface area (Å²) in [5.41, 5.74) is 0. The lowest BCUT2D eigenvalue weighted by Gasteiger charge is -2.29. The van der Waals surface area contributed by atoms with Gasteiger partial charge in [-0.3, -0.25) is 4.79 Å². The smallest absolute Gasteiger partial charge is 0.407 e. The fraction of sp³-hybridized carbons (Fsp3) is 0.643. The van der Waals surface area contributed by atoms with Crippen LogP contribution in [0.1, 0.15) is 38.6 Å². The van der Waals surface area contributed by atoms with Crippen LogP contribution in [0.15, 0.2) is 10.8 Å². The van der Waals surface area contributed by atoms with E-state index < -0.39 is 12.1 Å². The number of amides is 2.